The van der Waals surface area contributed by atoms with Crippen molar-refractivity contribution in [3.8, 4) is 5.75 Å². The zero-order chi connectivity index (χ0) is 18.3. The molecule has 0 saturated heterocycles. The van der Waals surface area contributed by atoms with Crippen molar-refractivity contribution in [1.82, 2.24) is 0 Å². The summed E-state index contributed by atoms with van der Waals surface area (Å²) in [6, 6.07) is 5.89. The standard InChI is InChI=1S/C15H16O9/c16-11(17)9-5-1-2-6-10(9)24-8-4-3-7-15(12(18)19,13(20)21)14(22)23/h1-2,5-6H,3-4,7-8H2,(H,16,17)(H,18,19)(H,20,21)(H,22,23). The SMILES string of the molecule is O=C(O)c1ccccc1OCCCCC(C(=O)O)(C(=O)O)C(=O)O. The zero-order valence-corrected chi connectivity index (χ0v) is 12.5. The van der Waals surface area contributed by atoms with E-state index in [1.165, 1.54) is 18.2 Å². The van der Waals surface area contributed by atoms with E-state index in [1.807, 2.05) is 0 Å². The summed E-state index contributed by atoms with van der Waals surface area (Å²) in [5.74, 6) is -6.89. The lowest BCUT2D eigenvalue weighted by atomic mass is 9.83. The van der Waals surface area contributed by atoms with Crippen molar-refractivity contribution in [3.05, 3.63) is 29.8 Å². The number of ether oxygens (including phenoxy) is 1. The summed E-state index contributed by atoms with van der Waals surface area (Å²) in [6.07, 6.45) is -0.499. The lowest BCUT2D eigenvalue weighted by Gasteiger charge is -2.19. The molecule has 0 radical (unpaired) electrons. The van der Waals surface area contributed by atoms with Gasteiger partial charge in [-0.2, -0.15) is 0 Å². The van der Waals surface area contributed by atoms with E-state index in [0.29, 0.717) is 0 Å². The fourth-order valence-electron chi connectivity index (χ4n) is 2.04. The van der Waals surface area contributed by atoms with Crippen molar-refractivity contribution in [3.63, 3.8) is 0 Å². The Labute approximate surface area is 136 Å². The molecule has 130 valence electrons. The molecule has 9 heteroatoms. The number of hydrogen-bond donors (Lipinski definition) is 4. The number of hydrogen-bond acceptors (Lipinski definition) is 5. The number of aromatic carboxylic acids is 1. The Morgan fingerprint density at radius 2 is 1.42 bits per heavy atom. The van der Waals surface area contributed by atoms with Gasteiger partial charge in [0.05, 0.1) is 6.61 Å². The van der Waals surface area contributed by atoms with Crippen molar-refractivity contribution in [2.75, 3.05) is 6.61 Å². The molecule has 0 spiro atoms. The summed E-state index contributed by atoms with van der Waals surface area (Å²) in [7, 11) is 0. The molecule has 0 aromatic heterocycles. The van der Waals surface area contributed by atoms with Gasteiger partial charge in [0.15, 0.2) is 0 Å². The Balaban J connectivity index is 2.62. The number of carboxylic acid groups (broad SMARTS) is 4. The molecular formula is C15H16O9. The van der Waals surface area contributed by atoms with Gasteiger partial charge in [-0.15, -0.1) is 0 Å². The van der Waals surface area contributed by atoms with Gasteiger partial charge in [0.25, 0.3) is 5.41 Å². The van der Waals surface area contributed by atoms with Gasteiger partial charge < -0.3 is 25.2 Å². The summed E-state index contributed by atoms with van der Waals surface area (Å²) in [4.78, 5) is 44.1. The third kappa shape index (κ3) is 4.00. The minimum Gasteiger partial charge on any atom is -0.493 e. The first kappa shape index (κ1) is 18.9. The molecule has 0 atom stereocenters. The molecule has 0 unspecified atom stereocenters. The largest absolute Gasteiger partial charge is 0.493 e. The molecule has 0 aliphatic carbocycles. The Bertz CT molecular complexity index is 614. The third-order valence-electron chi connectivity index (χ3n) is 3.42. The minimum atomic E-state index is -2.90. The van der Waals surface area contributed by atoms with Gasteiger partial charge in [-0.3, -0.25) is 14.4 Å². The summed E-state index contributed by atoms with van der Waals surface area (Å²) in [5.41, 5.74) is -2.95. The first-order valence-corrected chi connectivity index (χ1v) is 6.88. The monoisotopic (exact) mass is 340 g/mol. The molecule has 0 bridgehead atoms. The summed E-state index contributed by atoms with van der Waals surface area (Å²) in [6.45, 7) is -0.0147. The molecule has 0 amide bonds. The van der Waals surface area contributed by atoms with Crippen molar-refractivity contribution in [1.29, 1.82) is 0 Å². The average molecular weight is 340 g/mol. The van der Waals surface area contributed by atoms with Crippen LogP contribution >= 0.6 is 0 Å². The van der Waals surface area contributed by atoms with Crippen LogP contribution in [0.15, 0.2) is 24.3 Å². The maximum atomic E-state index is 11.1. The highest BCUT2D eigenvalue weighted by molar-refractivity contribution is 6.16. The third-order valence-corrected chi connectivity index (χ3v) is 3.42. The van der Waals surface area contributed by atoms with E-state index in [1.54, 1.807) is 6.07 Å². The molecule has 0 aliphatic rings. The minimum absolute atomic E-state index is 0.0147. The van der Waals surface area contributed by atoms with Crippen LogP contribution in [0.2, 0.25) is 0 Å². The van der Waals surface area contributed by atoms with Crippen LogP contribution in [0.3, 0.4) is 0 Å². The van der Waals surface area contributed by atoms with Gasteiger partial charge in [0.1, 0.15) is 11.3 Å². The Morgan fingerprint density at radius 3 is 1.92 bits per heavy atom. The second-order valence-electron chi connectivity index (χ2n) is 4.93. The molecule has 1 aromatic carbocycles. The number of aliphatic carboxylic acids is 3. The molecule has 1 aromatic rings. The lowest BCUT2D eigenvalue weighted by molar-refractivity contribution is -0.176. The van der Waals surface area contributed by atoms with E-state index in [4.69, 9.17) is 25.2 Å². The predicted octanol–water partition coefficient (Wildman–Crippen LogP) is 1.17. The zero-order valence-electron chi connectivity index (χ0n) is 12.5. The molecule has 24 heavy (non-hydrogen) atoms. The lowest BCUT2D eigenvalue weighted by Crippen LogP contribution is -2.46. The van der Waals surface area contributed by atoms with Crippen LogP contribution in [0.25, 0.3) is 0 Å². The van der Waals surface area contributed by atoms with Crippen LogP contribution in [0.5, 0.6) is 5.75 Å². The van der Waals surface area contributed by atoms with Crippen LogP contribution < -0.4 is 4.74 Å². The number of carboxylic acids is 4. The van der Waals surface area contributed by atoms with Crippen molar-refractivity contribution >= 4 is 23.9 Å². The summed E-state index contributed by atoms with van der Waals surface area (Å²) in [5, 5.41) is 35.8. The van der Waals surface area contributed by atoms with E-state index in [-0.39, 0.29) is 30.8 Å². The van der Waals surface area contributed by atoms with E-state index >= 15 is 0 Å². The number of carbonyl (C=O) groups is 4. The highest BCUT2D eigenvalue weighted by Gasteiger charge is 2.53. The molecule has 9 nitrogen and oxygen atoms in total. The highest BCUT2D eigenvalue weighted by atomic mass is 16.5. The molecular weight excluding hydrogens is 324 g/mol. The summed E-state index contributed by atoms with van der Waals surface area (Å²) < 4.78 is 5.27. The van der Waals surface area contributed by atoms with Gasteiger partial charge >= 0.3 is 23.9 Å². The molecule has 0 fully saturated rings. The molecule has 1 rings (SSSR count). The van der Waals surface area contributed by atoms with Crippen LogP contribution in [0, 0.1) is 5.41 Å². The first-order chi connectivity index (χ1) is 11.2. The highest BCUT2D eigenvalue weighted by Crippen LogP contribution is 2.27. The second-order valence-corrected chi connectivity index (χ2v) is 4.93. The number of para-hydroxylation sites is 1. The number of rotatable bonds is 10. The van der Waals surface area contributed by atoms with E-state index in [2.05, 4.69) is 0 Å². The van der Waals surface area contributed by atoms with E-state index in [9.17, 15) is 19.2 Å². The fraction of sp³-hybridized carbons (Fsp3) is 0.333. The van der Waals surface area contributed by atoms with Gasteiger partial charge in [-0.1, -0.05) is 12.1 Å². The topological polar surface area (TPSA) is 158 Å². The Kier molecular flexibility index (Phi) is 6.28. The van der Waals surface area contributed by atoms with Crippen molar-refractivity contribution in [2.24, 2.45) is 5.41 Å². The summed E-state index contributed by atoms with van der Waals surface area (Å²) >= 11 is 0. The van der Waals surface area contributed by atoms with Gasteiger partial charge in [0, 0.05) is 0 Å². The van der Waals surface area contributed by atoms with Gasteiger partial charge in [0.2, 0.25) is 0 Å². The molecule has 0 saturated carbocycles. The smallest absolute Gasteiger partial charge is 0.339 e. The van der Waals surface area contributed by atoms with E-state index in [0.717, 1.165) is 0 Å². The number of unbranched alkanes of at least 4 members (excludes halogenated alkanes) is 1. The number of benzene rings is 1. The van der Waals surface area contributed by atoms with Crippen molar-refractivity contribution in [2.45, 2.75) is 19.3 Å². The van der Waals surface area contributed by atoms with Crippen LogP contribution in [-0.4, -0.2) is 50.9 Å². The average Bonchev–Trinajstić information content (AvgIpc) is 2.49. The van der Waals surface area contributed by atoms with Gasteiger partial charge in [-0.25, -0.2) is 4.79 Å². The van der Waals surface area contributed by atoms with Crippen LogP contribution in [0.4, 0.5) is 0 Å². The fourth-order valence-corrected chi connectivity index (χ4v) is 2.04. The predicted molar refractivity (Wildman–Crippen MR) is 78.1 cm³/mol. The van der Waals surface area contributed by atoms with Gasteiger partial charge in [-0.05, 0) is 31.4 Å². The maximum Gasteiger partial charge on any atom is 0.339 e. The first-order valence-electron chi connectivity index (χ1n) is 6.88. The maximum absolute atomic E-state index is 11.1. The quantitative estimate of drug-likeness (QED) is 0.362. The molecule has 0 heterocycles. The normalized spacial score (nSPS) is 10.8. The molecule has 0 aliphatic heterocycles. The van der Waals surface area contributed by atoms with Crippen molar-refractivity contribution < 1.29 is 44.3 Å². The van der Waals surface area contributed by atoms with Crippen LogP contribution in [0.1, 0.15) is 29.6 Å². The second kappa shape index (κ2) is 7.95. The Hall–Kier alpha value is -3.10. The van der Waals surface area contributed by atoms with Crippen LogP contribution in [-0.2, 0) is 14.4 Å². The molecule has 4 N–H and O–H groups in total. The Morgan fingerprint density at radius 1 is 0.875 bits per heavy atom. The van der Waals surface area contributed by atoms with E-state index < -0.39 is 35.7 Å².